The second kappa shape index (κ2) is 9.93. The SMILES string of the molecule is CCON1CCN(CCNC=C2C(=O)CC(C(O)c3ccccc3)C2=O)CC1. The largest absolute Gasteiger partial charge is 0.389 e. The van der Waals surface area contributed by atoms with Crippen LogP contribution >= 0.6 is 0 Å². The molecule has 2 fully saturated rings. The lowest BCUT2D eigenvalue weighted by molar-refractivity contribution is -0.172. The summed E-state index contributed by atoms with van der Waals surface area (Å²) in [6.45, 7) is 7.79. The third kappa shape index (κ3) is 5.05. The molecule has 1 saturated heterocycles. The Morgan fingerprint density at radius 2 is 1.93 bits per heavy atom. The first-order valence-electron chi connectivity index (χ1n) is 9.94. The zero-order valence-corrected chi connectivity index (χ0v) is 16.3. The number of nitrogens with one attached hydrogen (secondary N) is 1. The predicted molar refractivity (Wildman–Crippen MR) is 105 cm³/mol. The number of hydrogen-bond donors (Lipinski definition) is 2. The summed E-state index contributed by atoms with van der Waals surface area (Å²) in [5, 5.41) is 15.6. The molecule has 0 aromatic heterocycles. The van der Waals surface area contributed by atoms with E-state index in [9.17, 15) is 14.7 Å². The van der Waals surface area contributed by atoms with Crippen LogP contribution in [-0.4, -0.2) is 72.5 Å². The van der Waals surface area contributed by atoms with Gasteiger partial charge in [-0.3, -0.25) is 19.3 Å². The van der Waals surface area contributed by atoms with Crippen molar-refractivity contribution in [1.29, 1.82) is 0 Å². The van der Waals surface area contributed by atoms with E-state index >= 15 is 0 Å². The number of benzene rings is 1. The lowest BCUT2D eigenvalue weighted by atomic mass is 9.93. The Bertz CT molecular complexity index is 699. The number of aliphatic hydroxyl groups excluding tert-OH is 1. The maximum absolute atomic E-state index is 12.6. The molecule has 2 unspecified atom stereocenters. The first-order valence-corrected chi connectivity index (χ1v) is 9.94. The third-order valence-corrected chi connectivity index (χ3v) is 5.29. The maximum Gasteiger partial charge on any atom is 0.174 e. The van der Waals surface area contributed by atoms with Crippen LogP contribution in [0, 0.1) is 5.92 Å². The van der Waals surface area contributed by atoms with Crippen molar-refractivity contribution >= 4 is 11.6 Å². The first-order chi connectivity index (χ1) is 13.6. The minimum absolute atomic E-state index is 0.0573. The highest BCUT2D eigenvalue weighted by molar-refractivity contribution is 6.26. The topological polar surface area (TPSA) is 82.1 Å². The molecular weight excluding hydrogens is 358 g/mol. The Kier molecular flexibility index (Phi) is 7.33. The van der Waals surface area contributed by atoms with Crippen molar-refractivity contribution in [2.45, 2.75) is 19.4 Å². The zero-order chi connectivity index (χ0) is 19.9. The number of ketones is 2. The molecule has 1 heterocycles. The van der Waals surface area contributed by atoms with Gasteiger partial charge in [0.15, 0.2) is 11.6 Å². The molecule has 1 aromatic carbocycles. The van der Waals surface area contributed by atoms with Gasteiger partial charge in [0.1, 0.15) is 0 Å². The van der Waals surface area contributed by atoms with Crippen molar-refractivity contribution in [1.82, 2.24) is 15.3 Å². The van der Waals surface area contributed by atoms with Crippen LogP contribution in [0.4, 0.5) is 0 Å². The second-order valence-corrected chi connectivity index (χ2v) is 7.15. The Hall–Kier alpha value is -2.06. The summed E-state index contributed by atoms with van der Waals surface area (Å²) in [7, 11) is 0. The van der Waals surface area contributed by atoms with E-state index in [2.05, 4.69) is 10.2 Å². The molecule has 152 valence electrons. The summed E-state index contributed by atoms with van der Waals surface area (Å²) < 4.78 is 0. The van der Waals surface area contributed by atoms with E-state index in [0.29, 0.717) is 18.7 Å². The number of allylic oxidation sites excluding steroid dienone is 1. The van der Waals surface area contributed by atoms with Crippen molar-refractivity contribution < 1.29 is 19.5 Å². The number of Topliss-reactive ketones (excluding diaryl/α,β-unsaturated/α-hetero) is 2. The van der Waals surface area contributed by atoms with Gasteiger partial charge in [-0.15, -0.1) is 0 Å². The minimum atomic E-state index is -0.954. The van der Waals surface area contributed by atoms with Crippen LogP contribution in [0.3, 0.4) is 0 Å². The van der Waals surface area contributed by atoms with Crippen LogP contribution in [0.25, 0.3) is 0 Å². The molecular formula is C21H29N3O4. The number of carbonyl (C=O) groups is 2. The molecule has 1 aromatic rings. The number of nitrogens with zero attached hydrogens (tertiary/aromatic N) is 2. The van der Waals surface area contributed by atoms with Gasteiger partial charge in [0.2, 0.25) is 0 Å². The zero-order valence-electron chi connectivity index (χ0n) is 16.3. The molecule has 2 atom stereocenters. The Balaban J connectivity index is 1.47. The van der Waals surface area contributed by atoms with Gasteiger partial charge >= 0.3 is 0 Å². The molecule has 0 amide bonds. The van der Waals surface area contributed by atoms with Gasteiger partial charge in [-0.2, -0.15) is 5.06 Å². The highest BCUT2D eigenvalue weighted by atomic mass is 16.7. The Morgan fingerprint density at radius 3 is 2.61 bits per heavy atom. The van der Waals surface area contributed by atoms with Crippen LogP contribution in [0.5, 0.6) is 0 Å². The molecule has 0 spiro atoms. The molecule has 7 heteroatoms. The summed E-state index contributed by atoms with van der Waals surface area (Å²) in [5.41, 5.74) is 0.829. The molecule has 1 aliphatic heterocycles. The monoisotopic (exact) mass is 387 g/mol. The van der Waals surface area contributed by atoms with E-state index in [1.165, 1.54) is 6.20 Å². The number of carbonyl (C=O) groups excluding carboxylic acids is 2. The van der Waals surface area contributed by atoms with E-state index in [1.54, 1.807) is 12.1 Å². The normalized spacial score (nSPS) is 24.1. The fourth-order valence-electron chi connectivity index (χ4n) is 3.69. The highest BCUT2D eigenvalue weighted by Crippen LogP contribution is 2.33. The summed E-state index contributed by atoms with van der Waals surface area (Å²) >= 11 is 0. The summed E-state index contributed by atoms with van der Waals surface area (Å²) in [4.78, 5) is 32.7. The van der Waals surface area contributed by atoms with Crippen molar-refractivity contribution in [2.75, 3.05) is 45.9 Å². The van der Waals surface area contributed by atoms with Crippen LogP contribution in [-0.2, 0) is 14.4 Å². The number of aliphatic hydroxyl groups is 1. The molecule has 1 saturated carbocycles. The van der Waals surface area contributed by atoms with E-state index in [0.717, 1.165) is 32.7 Å². The van der Waals surface area contributed by atoms with E-state index in [1.807, 2.05) is 30.2 Å². The van der Waals surface area contributed by atoms with Crippen molar-refractivity contribution in [2.24, 2.45) is 5.92 Å². The van der Waals surface area contributed by atoms with Crippen LogP contribution in [0.15, 0.2) is 42.1 Å². The molecule has 0 bridgehead atoms. The third-order valence-electron chi connectivity index (χ3n) is 5.29. The number of rotatable bonds is 8. The van der Waals surface area contributed by atoms with Gasteiger partial charge in [-0.25, -0.2) is 0 Å². The molecule has 2 N–H and O–H groups in total. The molecule has 1 aliphatic carbocycles. The van der Waals surface area contributed by atoms with Gasteiger partial charge in [0.05, 0.1) is 24.2 Å². The second-order valence-electron chi connectivity index (χ2n) is 7.15. The molecule has 7 nitrogen and oxygen atoms in total. The van der Waals surface area contributed by atoms with E-state index < -0.39 is 12.0 Å². The van der Waals surface area contributed by atoms with Gasteiger partial charge in [0.25, 0.3) is 0 Å². The average molecular weight is 387 g/mol. The molecule has 2 aliphatic rings. The van der Waals surface area contributed by atoms with Gasteiger partial charge < -0.3 is 10.4 Å². The standard InChI is InChI=1S/C21H29N3O4/c1-2-28-24-12-10-23(11-13-24)9-8-22-15-18-19(25)14-17(21(18)27)20(26)16-6-4-3-5-7-16/h3-7,15,17,20,22,26H,2,8-14H2,1H3. The quantitative estimate of drug-likeness (QED) is 0.390. The fourth-order valence-corrected chi connectivity index (χ4v) is 3.69. The minimum Gasteiger partial charge on any atom is -0.389 e. The lowest BCUT2D eigenvalue weighted by Gasteiger charge is -2.33. The Labute approximate surface area is 165 Å². The van der Waals surface area contributed by atoms with Crippen LogP contribution in [0.1, 0.15) is 25.0 Å². The van der Waals surface area contributed by atoms with E-state index in [-0.39, 0.29) is 23.6 Å². The van der Waals surface area contributed by atoms with Gasteiger partial charge in [-0.1, -0.05) is 30.3 Å². The highest BCUT2D eigenvalue weighted by Gasteiger charge is 2.40. The summed E-state index contributed by atoms with van der Waals surface area (Å²) in [6, 6.07) is 9.02. The van der Waals surface area contributed by atoms with Gasteiger partial charge in [0, 0.05) is 51.9 Å². The fraction of sp³-hybridized carbons (Fsp3) is 0.524. The number of piperazine rings is 1. The lowest BCUT2D eigenvalue weighted by Crippen LogP contribution is -2.47. The smallest absolute Gasteiger partial charge is 0.174 e. The molecule has 28 heavy (non-hydrogen) atoms. The van der Waals surface area contributed by atoms with Crippen LogP contribution < -0.4 is 5.32 Å². The maximum atomic E-state index is 12.6. The first kappa shape index (κ1) is 20.7. The van der Waals surface area contributed by atoms with Crippen molar-refractivity contribution in [3.05, 3.63) is 47.7 Å². The number of hydrogen-bond acceptors (Lipinski definition) is 7. The van der Waals surface area contributed by atoms with E-state index in [4.69, 9.17) is 4.84 Å². The Morgan fingerprint density at radius 1 is 1.21 bits per heavy atom. The summed E-state index contributed by atoms with van der Waals surface area (Å²) in [6.07, 6.45) is 0.630. The predicted octanol–water partition coefficient (Wildman–Crippen LogP) is 0.921. The van der Waals surface area contributed by atoms with Crippen molar-refractivity contribution in [3.63, 3.8) is 0 Å². The summed E-state index contributed by atoms with van der Waals surface area (Å²) in [5.74, 6) is -1.18. The number of hydroxylamine groups is 2. The average Bonchev–Trinajstić information content (AvgIpc) is 3.00. The van der Waals surface area contributed by atoms with Gasteiger partial charge in [-0.05, 0) is 12.5 Å². The molecule has 0 radical (unpaired) electrons. The molecule has 3 rings (SSSR count). The van der Waals surface area contributed by atoms with Crippen molar-refractivity contribution in [3.8, 4) is 0 Å². The van der Waals surface area contributed by atoms with Crippen LogP contribution in [0.2, 0.25) is 0 Å².